The number of carbonyl (C=O) groups excluding carboxylic acids is 2. The topological polar surface area (TPSA) is 102 Å². The second kappa shape index (κ2) is 8.35. The van der Waals surface area contributed by atoms with E-state index in [4.69, 9.17) is 13.9 Å². The summed E-state index contributed by atoms with van der Waals surface area (Å²) in [7, 11) is 2.97. The molecule has 1 amide bonds. The fraction of sp³-hybridized carbons (Fsp3) is 0.174. The largest absolute Gasteiger partial charge is 0.507 e. The number of benzene rings is 1. The molecule has 0 saturated carbocycles. The molecule has 1 atom stereocenters. The Morgan fingerprint density at radius 1 is 1.10 bits per heavy atom. The zero-order valence-electron chi connectivity index (χ0n) is 16.9. The Labute approximate surface area is 178 Å². The van der Waals surface area contributed by atoms with Gasteiger partial charge in [-0.1, -0.05) is 0 Å². The minimum atomic E-state index is -0.878. The highest BCUT2D eigenvalue weighted by Gasteiger charge is 2.47. The maximum absolute atomic E-state index is 13.0. The van der Waals surface area contributed by atoms with Crippen molar-refractivity contribution in [1.82, 2.24) is 9.88 Å². The van der Waals surface area contributed by atoms with Gasteiger partial charge in [-0.25, -0.2) is 0 Å². The Hall–Kier alpha value is -4.07. The molecule has 3 aromatic rings. The van der Waals surface area contributed by atoms with E-state index in [-0.39, 0.29) is 17.9 Å². The lowest BCUT2D eigenvalue weighted by Gasteiger charge is -2.23. The van der Waals surface area contributed by atoms with E-state index in [0.717, 1.165) is 5.56 Å². The highest BCUT2D eigenvalue weighted by molar-refractivity contribution is 6.46. The Morgan fingerprint density at radius 2 is 1.84 bits per heavy atom. The number of aromatic nitrogens is 1. The number of furan rings is 1. The Kier molecular flexibility index (Phi) is 5.44. The number of ketones is 1. The molecule has 0 radical (unpaired) electrons. The van der Waals surface area contributed by atoms with Crippen LogP contribution in [0, 0.1) is 0 Å². The van der Waals surface area contributed by atoms with Crippen molar-refractivity contribution in [3.05, 3.63) is 83.6 Å². The van der Waals surface area contributed by atoms with Gasteiger partial charge in [0.15, 0.2) is 11.5 Å². The van der Waals surface area contributed by atoms with E-state index in [1.807, 2.05) is 0 Å². The third-order valence-corrected chi connectivity index (χ3v) is 5.11. The maximum Gasteiger partial charge on any atom is 0.296 e. The molecule has 3 heterocycles. The van der Waals surface area contributed by atoms with E-state index < -0.39 is 17.7 Å². The third kappa shape index (κ3) is 3.63. The van der Waals surface area contributed by atoms with Crippen LogP contribution >= 0.6 is 0 Å². The Bertz CT molecular complexity index is 1140. The van der Waals surface area contributed by atoms with E-state index in [0.29, 0.717) is 22.8 Å². The van der Waals surface area contributed by atoms with Crippen LogP contribution in [0.25, 0.3) is 5.76 Å². The molecule has 1 unspecified atom stereocenters. The van der Waals surface area contributed by atoms with E-state index in [9.17, 15) is 14.7 Å². The lowest BCUT2D eigenvalue weighted by molar-refractivity contribution is -0.140. The first kappa shape index (κ1) is 20.2. The number of Topliss-reactive ketones (excluding diaryl/α,β-unsaturated/α-hetero) is 1. The number of aliphatic hydroxyl groups excluding tert-OH is 1. The summed E-state index contributed by atoms with van der Waals surface area (Å²) in [6, 6.07) is 10.7. The van der Waals surface area contributed by atoms with Gasteiger partial charge in [-0.2, -0.15) is 0 Å². The molecule has 31 heavy (non-hydrogen) atoms. The first-order valence-corrected chi connectivity index (χ1v) is 9.48. The number of hydrogen-bond donors (Lipinski definition) is 1. The number of amides is 1. The summed E-state index contributed by atoms with van der Waals surface area (Å²) in [5.41, 5.74) is 1.05. The van der Waals surface area contributed by atoms with Crippen LogP contribution in [0.15, 0.2) is 71.1 Å². The first-order chi connectivity index (χ1) is 15.0. The molecule has 1 fully saturated rings. The number of likely N-dealkylation sites (tertiary alicyclic amines) is 1. The van der Waals surface area contributed by atoms with Crippen molar-refractivity contribution < 1.29 is 28.6 Å². The van der Waals surface area contributed by atoms with E-state index in [2.05, 4.69) is 4.98 Å². The number of carbonyl (C=O) groups is 2. The summed E-state index contributed by atoms with van der Waals surface area (Å²) in [6.45, 7) is 0.154. The fourth-order valence-corrected chi connectivity index (χ4v) is 3.61. The summed E-state index contributed by atoms with van der Waals surface area (Å²) in [4.78, 5) is 31.3. The Balaban J connectivity index is 1.83. The van der Waals surface area contributed by atoms with Crippen LogP contribution < -0.4 is 9.47 Å². The molecule has 1 aromatic carbocycles. The second-order valence-corrected chi connectivity index (χ2v) is 6.87. The van der Waals surface area contributed by atoms with Gasteiger partial charge in [0.05, 0.1) is 26.1 Å². The van der Waals surface area contributed by atoms with Crippen LogP contribution in [0.2, 0.25) is 0 Å². The van der Waals surface area contributed by atoms with Gasteiger partial charge >= 0.3 is 0 Å². The van der Waals surface area contributed by atoms with Crippen LogP contribution in [0.4, 0.5) is 0 Å². The van der Waals surface area contributed by atoms with Crippen molar-refractivity contribution >= 4 is 17.4 Å². The number of aliphatic hydroxyl groups is 1. The molecule has 0 spiro atoms. The monoisotopic (exact) mass is 420 g/mol. The average Bonchev–Trinajstić information content (AvgIpc) is 3.41. The molecular weight excluding hydrogens is 400 g/mol. The molecule has 0 bridgehead atoms. The molecular formula is C23H20N2O6. The number of ether oxygens (including phenoxy) is 2. The molecule has 1 saturated heterocycles. The first-order valence-electron chi connectivity index (χ1n) is 9.48. The van der Waals surface area contributed by atoms with Crippen LogP contribution in [0.3, 0.4) is 0 Å². The molecule has 2 aromatic heterocycles. The van der Waals surface area contributed by atoms with Crippen molar-refractivity contribution in [2.45, 2.75) is 12.6 Å². The van der Waals surface area contributed by atoms with Crippen molar-refractivity contribution in [3.63, 3.8) is 0 Å². The minimum absolute atomic E-state index is 0.0544. The molecule has 1 aliphatic heterocycles. The van der Waals surface area contributed by atoms with Crippen molar-refractivity contribution in [1.29, 1.82) is 0 Å². The average molecular weight is 420 g/mol. The molecule has 1 N–H and O–H groups in total. The highest BCUT2D eigenvalue weighted by Crippen LogP contribution is 2.41. The second-order valence-electron chi connectivity index (χ2n) is 6.87. The van der Waals surface area contributed by atoms with Gasteiger partial charge in [-0.05, 0) is 48.0 Å². The number of methoxy groups -OCH3 is 2. The fourth-order valence-electron chi connectivity index (χ4n) is 3.61. The predicted octanol–water partition coefficient (Wildman–Crippen LogP) is 3.31. The molecule has 4 rings (SSSR count). The predicted molar refractivity (Wildman–Crippen MR) is 110 cm³/mol. The highest BCUT2D eigenvalue weighted by atomic mass is 16.5. The van der Waals surface area contributed by atoms with Gasteiger partial charge in [0.1, 0.15) is 17.6 Å². The summed E-state index contributed by atoms with van der Waals surface area (Å²) in [6.07, 6.45) is 4.67. The molecule has 158 valence electrons. The number of hydrogen-bond acceptors (Lipinski definition) is 7. The number of rotatable bonds is 6. The third-order valence-electron chi connectivity index (χ3n) is 5.11. The number of nitrogens with zero attached hydrogens (tertiary/aromatic N) is 2. The van der Waals surface area contributed by atoms with Crippen LogP contribution in [-0.4, -0.2) is 40.9 Å². The van der Waals surface area contributed by atoms with Crippen molar-refractivity contribution in [2.24, 2.45) is 0 Å². The SMILES string of the molecule is COc1ccc(/C(O)=C2/C(=O)C(=O)N(Cc3ccncc3)C2c2ccco2)cc1OC. The quantitative estimate of drug-likeness (QED) is 0.371. The summed E-state index contributed by atoms with van der Waals surface area (Å²) in [5.74, 6) is -0.608. The smallest absolute Gasteiger partial charge is 0.296 e. The van der Waals surface area contributed by atoms with Crippen LogP contribution in [0.5, 0.6) is 11.5 Å². The van der Waals surface area contributed by atoms with Crippen LogP contribution in [0.1, 0.15) is 22.9 Å². The van der Waals surface area contributed by atoms with Crippen LogP contribution in [-0.2, 0) is 16.1 Å². The van der Waals surface area contributed by atoms with Crippen molar-refractivity contribution in [2.75, 3.05) is 14.2 Å². The standard InChI is InChI=1S/C23H20N2O6/c1-29-16-6-5-15(12-18(16)30-2)21(26)19-20(17-4-3-11-31-17)25(23(28)22(19)27)13-14-7-9-24-10-8-14/h3-12,20,26H,13H2,1-2H3/b21-19-. The molecule has 8 heteroatoms. The van der Waals surface area contributed by atoms with E-state index in [1.54, 1.807) is 54.9 Å². The van der Waals surface area contributed by atoms with Gasteiger partial charge < -0.3 is 23.9 Å². The van der Waals surface area contributed by atoms with Gasteiger partial charge in [-0.3, -0.25) is 14.6 Å². The lowest BCUT2D eigenvalue weighted by atomic mass is 9.99. The molecule has 0 aliphatic carbocycles. The summed E-state index contributed by atoms with van der Waals surface area (Å²) in [5, 5.41) is 11.1. The van der Waals surface area contributed by atoms with Gasteiger partial charge in [0.25, 0.3) is 11.7 Å². The minimum Gasteiger partial charge on any atom is -0.507 e. The zero-order valence-corrected chi connectivity index (χ0v) is 16.9. The summed E-state index contributed by atoms with van der Waals surface area (Å²) >= 11 is 0. The van der Waals surface area contributed by atoms with E-state index >= 15 is 0 Å². The molecule has 8 nitrogen and oxygen atoms in total. The molecule has 1 aliphatic rings. The van der Waals surface area contributed by atoms with Gasteiger partial charge in [0.2, 0.25) is 0 Å². The normalized spacial score (nSPS) is 17.7. The van der Waals surface area contributed by atoms with Gasteiger partial charge in [0, 0.05) is 24.5 Å². The number of pyridine rings is 1. The van der Waals surface area contributed by atoms with Crippen molar-refractivity contribution in [3.8, 4) is 11.5 Å². The summed E-state index contributed by atoms with van der Waals surface area (Å²) < 4.78 is 16.0. The van der Waals surface area contributed by atoms with Gasteiger partial charge in [-0.15, -0.1) is 0 Å². The zero-order chi connectivity index (χ0) is 22.0. The Morgan fingerprint density at radius 3 is 2.48 bits per heavy atom. The maximum atomic E-state index is 13.0. The lowest BCUT2D eigenvalue weighted by Crippen LogP contribution is -2.29. The van der Waals surface area contributed by atoms with E-state index in [1.165, 1.54) is 25.4 Å².